The van der Waals surface area contributed by atoms with Gasteiger partial charge in [-0.25, -0.2) is 0 Å². The number of nitrogens with two attached hydrogens (primary N) is 1. The van der Waals surface area contributed by atoms with Crippen molar-refractivity contribution < 1.29 is 4.79 Å². The molecule has 0 radical (unpaired) electrons. The summed E-state index contributed by atoms with van der Waals surface area (Å²) in [6.45, 7) is 5.17. The van der Waals surface area contributed by atoms with Crippen LogP contribution in [0.2, 0.25) is 0 Å². The molecule has 0 spiro atoms. The molecule has 3 N–H and O–H groups in total. The van der Waals surface area contributed by atoms with Gasteiger partial charge in [0.05, 0.1) is 6.04 Å². The molecule has 0 bridgehead atoms. The van der Waals surface area contributed by atoms with E-state index in [-0.39, 0.29) is 11.9 Å². The molecule has 0 aliphatic heterocycles. The first-order valence-corrected chi connectivity index (χ1v) is 7.48. The Bertz CT molecular complexity index is 176. The van der Waals surface area contributed by atoms with Crippen molar-refractivity contribution in [1.29, 1.82) is 0 Å². The molecule has 0 fully saturated rings. The zero-order valence-corrected chi connectivity index (χ0v) is 11.4. The molecular weight excluding hydrogens is 220 g/mol. The lowest BCUT2D eigenvalue weighted by molar-refractivity contribution is -0.120. The second-order valence-electron chi connectivity index (χ2n) is 4.02. The van der Waals surface area contributed by atoms with Gasteiger partial charge in [0.2, 0.25) is 5.91 Å². The van der Waals surface area contributed by atoms with Crippen LogP contribution in [0.25, 0.3) is 0 Å². The van der Waals surface area contributed by atoms with Crippen molar-refractivity contribution in [3.8, 4) is 0 Å². The molecule has 4 heteroatoms. The Morgan fingerprint density at radius 3 is 2.56 bits per heavy atom. The van der Waals surface area contributed by atoms with Crippen LogP contribution in [0.15, 0.2) is 0 Å². The predicted octanol–water partition coefficient (Wildman–Crippen LogP) is 2.15. The van der Waals surface area contributed by atoms with Crippen LogP contribution in [0.5, 0.6) is 0 Å². The van der Waals surface area contributed by atoms with Gasteiger partial charge in [0.15, 0.2) is 0 Å². The van der Waals surface area contributed by atoms with Crippen LogP contribution in [0, 0.1) is 0 Å². The summed E-state index contributed by atoms with van der Waals surface area (Å²) in [6, 6.07) is -0.140. The SMILES string of the molecule is CCCCCSCCC(NCCC)C(N)=O. The lowest BCUT2D eigenvalue weighted by Gasteiger charge is -2.14. The van der Waals surface area contributed by atoms with Crippen molar-refractivity contribution in [1.82, 2.24) is 5.32 Å². The highest BCUT2D eigenvalue weighted by molar-refractivity contribution is 7.99. The summed E-state index contributed by atoms with van der Waals surface area (Å²) in [5.41, 5.74) is 5.33. The molecule has 0 aromatic carbocycles. The third-order valence-corrected chi connectivity index (χ3v) is 3.53. The number of carbonyl (C=O) groups is 1. The normalized spacial score (nSPS) is 12.6. The maximum atomic E-state index is 11.1. The van der Waals surface area contributed by atoms with E-state index in [0.717, 1.165) is 25.1 Å². The molecule has 96 valence electrons. The summed E-state index contributed by atoms with van der Waals surface area (Å²) in [4.78, 5) is 11.1. The quantitative estimate of drug-likeness (QED) is 0.549. The third-order valence-electron chi connectivity index (χ3n) is 2.43. The van der Waals surface area contributed by atoms with E-state index in [4.69, 9.17) is 5.73 Å². The zero-order valence-electron chi connectivity index (χ0n) is 10.6. The Morgan fingerprint density at radius 2 is 2.00 bits per heavy atom. The van der Waals surface area contributed by atoms with Gasteiger partial charge in [0, 0.05) is 0 Å². The minimum atomic E-state index is -0.220. The molecule has 0 aliphatic carbocycles. The first-order valence-electron chi connectivity index (χ1n) is 6.32. The molecule has 16 heavy (non-hydrogen) atoms. The number of carbonyl (C=O) groups excluding carboxylic acids is 1. The predicted molar refractivity (Wildman–Crippen MR) is 72.7 cm³/mol. The molecule has 0 aromatic rings. The van der Waals surface area contributed by atoms with Gasteiger partial charge in [0.25, 0.3) is 0 Å². The van der Waals surface area contributed by atoms with E-state index >= 15 is 0 Å². The Kier molecular flexibility index (Phi) is 11.1. The first kappa shape index (κ1) is 15.8. The van der Waals surface area contributed by atoms with Crippen molar-refractivity contribution in [2.75, 3.05) is 18.1 Å². The molecule has 0 saturated heterocycles. The van der Waals surface area contributed by atoms with Crippen LogP contribution < -0.4 is 11.1 Å². The Balaban J connectivity index is 3.48. The fourth-order valence-corrected chi connectivity index (χ4v) is 2.44. The summed E-state index contributed by atoms with van der Waals surface area (Å²) in [6.07, 6.45) is 5.74. The fraction of sp³-hybridized carbons (Fsp3) is 0.917. The Labute approximate surface area is 104 Å². The zero-order chi connectivity index (χ0) is 12.2. The summed E-state index contributed by atoms with van der Waals surface area (Å²) in [7, 11) is 0. The number of rotatable bonds is 11. The maximum Gasteiger partial charge on any atom is 0.234 e. The maximum absolute atomic E-state index is 11.1. The number of thioether (sulfide) groups is 1. The summed E-state index contributed by atoms with van der Waals surface area (Å²) in [5.74, 6) is 2.00. The fourth-order valence-electron chi connectivity index (χ4n) is 1.42. The van der Waals surface area contributed by atoms with Gasteiger partial charge in [-0.1, -0.05) is 26.7 Å². The van der Waals surface area contributed by atoms with Crippen LogP contribution in [-0.2, 0) is 4.79 Å². The molecule has 3 nitrogen and oxygen atoms in total. The second kappa shape index (κ2) is 11.3. The minimum Gasteiger partial charge on any atom is -0.368 e. The van der Waals surface area contributed by atoms with E-state index < -0.39 is 0 Å². The topological polar surface area (TPSA) is 55.1 Å². The van der Waals surface area contributed by atoms with Crippen molar-refractivity contribution in [3.63, 3.8) is 0 Å². The number of hydrogen-bond donors (Lipinski definition) is 2. The van der Waals surface area contributed by atoms with Crippen molar-refractivity contribution in [2.24, 2.45) is 5.73 Å². The highest BCUT2D eigenvalue weighted by atomic mass is 32.2. The summed E-state index contributed by atoms with van der Waals surface area (Å²) < 4.78 is 0. The Morgan fingerprint density at radius 1 is 1.25 bits per heavy atom. The highest BCUT2D eigenvalue weighted by Gasteiger charge is 2.12. The molecule has 0 aliphatic rings. The summed E-state index contributed by atoms with van der Waals surface area (Å²) in [5, 5.41) is 3.18. The lowest BCUT2D eigenvalue weighted by Crippen LogP contribution is -2.42. The summed E-state index contributed by atoms with van der Waals surface area (Å²) >= 11 is 1.92. The molecule has 1 amide bonds. The smallest absolute Gasteiger partial charge is 0.234 e. The van der Waals surface area contributed by atoms with E-state index in [1.807, 2.05) is 11.8 Å². The number of hydrogen-bond acceptors (Lipinski definition) is 3. The van der Waals surface area contributed by atoms with Gasteiger partial charge in [-0.2, -0.15) is 11.8 Å². The van der Waals surface area contributed by atoms with E-state index in [2.05, 4.69) is 19.2 Å². The van der Waals surface area contributed by atoms with E-state index in [1.54, 1.807) is 0 Å². The molecular formula is C12H26N2OS. The minimum absolute atomic E-state index is 0.140. The Hall–Kier alpha value is -0.220. The molecule has 1 atom stereocenters. The van der Waals surface area contributed by atoms with Crippen molar-refractivity contribution >= 4 is 17.7 Å². The van der Waals surface area contributed by atoms with Crippen LogP contribution in [0.3, 0.4) is 0 Å². The van der Waals surface area contributed by atoms with E-state index in [0.29, 0.717) is 0 Å². The van der Waals surface area contributed by atoms with Crippen LogP contribution in [0.1, 0.15) is 46.0 Å². The van der Waals surface area contributed by atoms with Gasteiger partial charge in [-0.15, -0.1) is 0 Å². The average Bonchev–Trinajstić information content (AvgIpc) is 2.26. The largest absolute Gasteiger partial charge is 0.368 e. The number of amides is 1. The monoisotopic (exact) mass is 246 g/mol. The van der Waals surface area contributed by atoms with Crippen LogP contribution >= 0.6 is 11.8 Å². The molecule has 1 unspecified atom stereocenters. The molecule has 0 aromatic heterocycles. The number of primary amides is 1. The van der Waals surface area contributed by atoms with Gasteiger partial charge in [-0.05, 0) is 37.3 Å². The van der Waals surface area contributed by atoms with Crippen LogP contribution in [0.4, 0.5) is 0 Å². The number of nitrogens with one attached hydrogen (secondary N) is 1. The lowest BCUT2D eigenvalue weighted by atomic mass is 10.2. The van der Waals surface area contributed by atoms with Crippen molar-refractivity contribution in [3.05, 3.63) is 0 Å². The average molecular weight is 246 g/mol. The van der Waals surface area contributed by atoms with E-state index in [1.165, 1.54) is 25.0 Å². The van der Waals surface area contributed by atoms with Crippen LogP contribution in [-0.4, -0.2) is 30.0 Å². The highest BCUT2D eigenvalue weighted by Crippen LogP contribution is 2.09. The number of unbranched alkanes of at least 4 members (excludes halogenated alkanes) is 2. The molecule has 0 heterocycles. The third kappa shape index (κ3) is 9.04. The first-order chi connectivity index (χ1) is 7.72. The second-order valence-corrected chi connectivity index (χ2v) is 5.24. The van der Waals surface area contributed by atoms with Gasteiger partial charge < -0.3 is 11.1 Å². The molecule has 0 rings (SSSR count). The van der Waals surface area contributed by atoms with Gasteiger partial charge in [0.1, 0.15) is 0 Å². The van der Waals surface area contributed by atoms with E-state index in [9.17, 15) is 4.79 Å². The molecule has 0 saturated carbocycles. The van der Waals surface area contributed by atoms with Crippen molar-refractivity contribution in [2.45, 2.75) is 52.0 Å². The van der Waals surface area contributed by atoms with Gasteiger partial charge in [-0.3, -0.25) is 4.79 Å². The standard InChI is InChI=1S/C12H26N2OS/c1-3-5-6-9-16-10-7-11(12(13)15)14-8-4-2/h11,14H,3-10H2,1-2H3,(H2,13,15). The van der Waals surface area contributed by atoms with Gasteiger partial charge >= 0.3 is 0 Å².